The zero-order valence-electron chi connectivity index (χ0n) is 40.9. The van der Waals surface area contributed by atoms with E-state index in [2.05, 4.69) is 131 Å². The van der Waals surface area contributed by atoms with Crippen LogP contribution < -0.4 is 32.6 Å². The SMILES string of the molecule is C[Si]1(C)C2=CC(=[N+]3CCCCC3)C=CC2=Cc2ccc(N3CCCCC3)cc21.Cc1cc(C(=O)O)ccc1C1=C2C=CC(=[N+]3CCCCC3)C=C2[Si](C)(C)c2cc(N3CCCCC3)ccc21.[Cl-]. The fourth-order valence-electron chi connectivity index (χ4n) is 12.3. The van der Waals surface area contributed by atoms with Crippen LogP contribution in [0, 0.1) is 6.92 Å². The lowest BCUT2D eigenvalue weighted by atomic mass is 9.87. The summed E-state index contributed by atoms with van der Waals surface area (Å²) in [4.78, 5) is 16.9. The van der Waals surface area contributed by atoms with Crippen molar-refractivity contribution in [3.05, 3.63) is 140 Å². The van der Waals surface area contributed by atoms with Gasteiger partial charge in [0.1, 0.15) is 42.3 Å². The molecule has 0 aromatic heterocycles. The molecule has 0 atom stereocenters. The Labute approximate surface area is 409 Å². The zero-order chi connectivity index (χ0) is 45.6. The minimum absolute atomic E-state index is 0. The lowest BCUT2D eigenvalue weighted by Gasteiger charge is -2.39. The number of anilines is 2. The number of carboxylic acid groups (broad SMARTS) is 1. The van der Waals surface area contributed by atoms with Crippen LogP contribution in [0.5, 0.6) is 0 Å². The topological polar surface area (TPSA) is 49.8 Å². The lowest BCUT2D eigenvalue weighted by Crippen LogP contribution is -3.00. The van der Waals surface area contributed by atoms with Crippen LogP contribution in [0.4, 0.5) is 11.4 Å². The Morgan fingerprint density at radius 1 is 0.552 bits per heavy atom. The third-order valence-corrected chi connectivity index (χ3v) is 23.3. The number of nitrogens with zero attached hydrogens (tertiary/aromatic N) is 4. The van der Waals surface area contributed by atoms with Crippen molar-refractivity contribution in [1.82, 2.24) is 0 Å². The lowest BCUT2D eigenvalue weighted by molar-refractivity contribution is -0.536. The fraction of sp³-hybridized carbons (Fsp3) is 0.431. The maximum absolute atomic E-state index is 11.7. The Morgan fingerprint density at radius 3 is 1.64 bits per heavy atom. The third kappa shape index (κ3) is 9.27. The average molecular weight is 949 g/mol. The first-order valence-electron chi connectivity index (χ1n) is 25.6. The molecule has 6 heterocycles. The first-order chi connectivity index (χ1) is 32.0. The predicted octanol–water partition coefficient (Wildman–Crippen LogP) is 7.75. The van der Waals surface area contributed by atoms with E-state index in [1.54, 1.807) is 16.4 Å². The molecule has 6 nitrogen and oxygen atoms in total. The smallest absolute Gasteiger partial charge is 0.335 e. The van der Waals surface area contributed by atoms with E-state index in [0.717, 1.165) is 37.3 Å². The Kier molecular flexibility index (Phi) is 13.9. The van der Waals surface area contributed by atoms with Crippen molar-refractivity contribution in [2.75, 3.05) is 62.2 Å². The molecule has 0 saturated carbocycles. The monoisotopic (exact) mass is 947 g/mol. The molecule has 350 valence electrons. The highest BCUT2D eigenvalue weighted by atomic mass is 35.5. The number of aryl methyl sites for hydroxylation is 1. The highest BCUT2D eigenvalue weighted by Crippen LogP contribution is 2.43. The minimum Gasteiger partial charge on any atom is -1.00 e. The maximum Gasteiger partial charge on any atom is 0.335 e. The molecule has 4 saturated heterocycles. The molecule has 8 aliphatic rings. The van der Waals surface area contributed by atoms with E-state index in [1.807, 2.05) is 12.1 Å². The number of hydrogen-bond acceptors (Lipinski definition) is 3. The van der Waals surface area contributed by atoms with Gasteiger partial charge in [-0.05, 0) is 173 Å². The summed E-state index contributed by atoms with van der Waals surface area (Å²) in [6, 6.07) is 20.1. The van der Waals surface area contributed by atoms with Gasteiger partial charge in [-0.2, -0.15) is 0 Å². The number of fused-ring (bicyclic) bond motifs is 4. The average Bonchev–Trinajstić information content (AvgIpc) is 3.35. The van der Waals surface area contributed by atoms with E-state index in [-0.39, 0.29) is 12.4 Å². The van der Waals surface area contributed by atoms with Gasteiger partial charge in [0.15, 0.2) is 11.4 Å². The maximum atomic E-state index is 11.7. The Hall–Kier alpha value is -4.77. The molecule has 6 aliphatic heterocycles. The van der Waals surface area contributed by atoms with Crippen molar-refractivity contribution in [1.29, 1.82) is 0 Å². The van der Waals surface area contributed by atoms with Gasteiger partial charge in [0.2, 0.25) is 0 Å². The van der Waals surface area contributed by atoms with Gasteiger partial charge in [0.05, 0.1) is 5.56 Å². The van der Waals surface area contributed by atoms with Crippen LogP contribution in [0.1, 0.15) is 110 Å². The summed E-state index contributed by atoms with van der Waals surface area (Å²) in [5, 5.41) is 15.8. The third-order valence-electron chi connectivity index (χ3n) is 16.3. The number of halogens is 1. The van der Waals surface area contributed by atoms with E-state index in [0.29, 0.717) is 5.56 Å². The van der Waals surface area contributed by atoms with E-state index >= 15 is 0 Å². The predicted molar refractivity (Wildman–Crippen MR) is 284 cm³/mol. The van der Waals surface area contributed by atoms with E-state index in [4.69, 9.17) is 0 Å². The number of rotatable bonds is 4. The van der Waals surface area contributed by atoms with Crippen molar-refractivity contribution < 1.29 is 31.5 Å². The molecule has 3 aromatic carbocycles. The summed E-state index contributed by atoms with van der Waals surface area (Å²) in [6.45, 7) is 21.6. The Morgan fingerprint density at radius 2 is 1.06 bits per heavy atom. The van der Waals surface area contributed by atoms with Gasteiger partial charge in [-0.3, -0.25) is 0 Å². The minimum atomic E-state index is -2.01. The first-order valence-corrected chi connectivity index (χ1v) is 31.6. The molecule has 2 aliphatic carbocycles. The molecule has 0 amide bonds. The molecule has 9 heteroatoms. The van der Waals surface area contributed by atoms with E-state index in [9.17, 15) is 9.90 Å². The van der Waals surface area contributed by atoms with Gasteiger partial charge >= 0.3 is 5.97 Å². The van der Waals surface area contributed by atoms with Crippen LogP contribution >= 0.6 is 0 Å². The summed E-state index contributed by atoms with van der Waals surface area (Å²) >= 11 is 0. The zero-order valence-corrected chi connectivity index (χ0v) is 43.7. The summed E-state index contributed by atoms with van der Waals surface area (Å²) in [5.74, 6) is -0.875. The molecule has 4 fully saturated rings. The fourth-order valence-corrected chi connectivity index (χ4v) is 18.5. The summed E-state index contributed by atoms with van der Waals surface area (Å²) in [6.07, 6.45) is 32.8. The van der Waals surface area contributed by atoms with Crippen LogP contribution in [-0.4, -0.2) is 100 Å². The first kappa shape index (κ1) is 47.3. The molecule has 3 aromatic rings. The van der Waals surface area contributed by atoms with Gasteiger partial charge in [-0.25, -0.2) is 13.9 Å². The van der Waals surface area contributed by atoms with Crippen molar-refractivity contribution in [2.45, 2.75) is 110 Å². The van der Waals surface area contributed by atoms with Crippen molar-refractivity contribution in [2.24, 2.45) is 0 Å². The standard InChI is InChI=1S/C33H38N2O2Si.C25H33N2Si.ClH/c1-23-20-24(33(36)37)10-13-27(23)32-28-14-11-25(34-16-6-4-7-17-34)21-30(28)38(2,3)31-22-26(12-15-29(31)32)35-18-8-5-9-19-35;1-28(2)24-18-22(26-13-5-3-6-14-26)11-9-20(24)17-21-10-12-23(19-25(21)28)27-15-7-4-8-16-27;/h10-15,20-22H,4-9,16-19H2,1-3H3;9-12,17-19H,3-8,13-16H2,1-2H3;1H/q;+1;. The number of allylic oxidation sites excluding steroid dienone is 10. The normalized spacial score (nSPS) is 21.7. The molecule has 11 rings (SSSR count). The number of carboxylic acids is 1. The van der Waals surface area contributed by atoms with Crippen LogP contribution in [0.25, 0.3) is 11.6 Å². The van der Waals surface area contributed by atoms with Crippen molar-refractivity contribution >= 4 is 66.9 Å². The number of aromatic carboxylic acids is 1. The number of benzene rings is 3. The highest BCUT2D eigenvalue weighted by Gasteiger charge is 2.42. The molecule has 0 radical (unpaired) electrons. The van der Waals surface area contributed by atoms with Crippen LogP contribution in [0.15, 0.2) is 113 Å². The molecule has 0 unspecified atom stereocenters. The van der Waals surface area contributed by atoms with Crippen LogP contribution in [0.3, 0.4) is 0 Å². The van der Waals surface area contributed by atoms with Crippen LogP contribution in [0.2, 0.25) is 26.2 Å². The largest absolute Gasteiger partial charge is 1.00 e. The second-order valence-corrected chi connectivity index (χ2v) is 30.0. The Balaban J connectivity index is 0.000000173. The molecular weight excluding hydrogens is 876 g/mol. The molecular formula is C58H72ClN4O2Si2+. The van der Waals surface area contributed by atoms with Gasteiger partial charge in [-0.15, -0.1) is 0 Å². The van der Waals surface area contributed by atoms with Gasteiger partial charge in [0.25, 0.3) is 0 Å². The van der Waals surface area contributed by atoms with Gasteiger partial charge in [0, 0.05) is 87.5 Å². The van der Waals surface area contributed by atoms with Crippen molar-refractivity contribution in [3.63, 3.8) is 0 Å². The molecule has 0 bridgehead atoms. The molecule has 0 spiro atoms. The number of carbonyl (C=O) groups is 1. The summed E-state index contributed by atoms with van der Waals surface area (Å²) in [7, 11) is -3.72. The quantitative estimate of drug-likeness (QED) is 0.215. The van der Waals surface area contributed by atoms with Gasteiger partial charge < -0.3 is 27.3 Å². The van der Waals surface area contributed by atoms with Crippen LogP contribution in [-0.2, 0) is 0 Å². The molecule has 67 heavy (non-hydrogen) atoms. The number of piperidine rings is 4. The summed E-state index contributed by atoms with van der Waals surface area (Å²) < 4.78 is 5.18. The van der Waals surface area contributed by atoms with Gasteiger partial charge in [-0.1, -0.05) is 44.4 Å². The van der Waals surface area contributed by atoms with E-state index < -0.39 is 22.1 Å². The molecule has 1 N–H and O–H groups in total. The second-order valence-electron chi connectivity index (χ2n) is 21.3. The number of hydrogen-bond donors (Lipinski definition) is 1. The highest BCUT2D eigenvalue weighted by molar-refractivity contribution is 6.98. The van der Waals surface area contributed by atoms with E-state index in [1.165, 1.54) is 164 Å². The Bertz CT molecular complexity index is 2700. The summed E-state index contributed by atoms with van der Waals surface area (Å²) in [5.41, 5.74) is 14.9. The second kappa shape index (κ2) is 19.7. The van der Waals surface area contributed by atoms with Crippen molar-refractivity contribution in [3.8, 4) is 0 Å².